The number of hydrogen-bond donors (Lipinski definition) is 0. The summed E-state index contributed by atoms with van der Waals surface area (Å²) < 4.78 is 14.0. The highest BCUT2D eigenvalue weighted by Crippen LogP contribution is 2.41. The minimum Gasteiger partial charge on any atom is -0.342 e. The summed E-state index contributed by atoms with van der Waals surface area (Å²) in [5, 5.41) is 0. The predicted molar refractivity (Wildman–Crippen MR) is 101 cm³/mol. The molecule has 1 aromatic carbocycles. The van der Waals surface area contributed by atoms with Crippen LogP contribution in [0.4, 0.5) is 4.39 Å². The van der Waals surface area contributed by atoms with Crippen LogP contribution in [0.3, 0.4) is 0 Å². The molecule has 0 bridgehead atoms. The molecule has 4 nitrogen and oxygen atoms in total. The van der Waals surface area contributed by atoms with Crippen LogP contribution in [-0.2, 0) is 16.1 Å². The number of carbonyl (C=O) groups is 2. The van der Waals surface area contributed by atoms with E-state index in [9.17, 15) is 14.0 Å². The molecule has 0 unspecified atom stereocenters. The zero-order valence-electron chi connectivity index (χ0n) is 16.0. The van der Waals surface area contributed by atoms with Gasteiger partial charge in [-0.25, -0.2) is 4.39 Å². The number of benzene rings is 1. The van der Waals surface area contributed by atoms with Crippen molar-refractivity contribution in [2.45, 2.75) is 57.9 Å². The van der Waals surface area contributed by atoms with Crippen LogP contribution in [0.15, 0.2) is 24.3 Å². The second-order valence-electron chi connectivity index (χ2n) is 8.62. The first kappa shape index (κ1) is 18.5. The van der Waals surface area contributed by atoms with Crippen molar-refractivity contribution in [2.24, 2.45) is 11.3 Å². The molecule has 5 heteroatoms. The Balaban J connectivity index is 1.41. The summed E-state index contributed by atoms with van der Waals surface area (Å²) >= 11 is 0. The third-order valence-electron chi connectivity index (χ3n) is 6.79. The molecule has 2 amide bonds. The highest BCUT2D eigenvalue weighted by atomic mass is 19.1. The maximum Gasteiger partial charge on any atom is 0.230 e. The summed E-state index contributed by atoms with van der Waals surface area (Å²) in [6, 6.07) is 6.67. The van der Waals surface area contributed by atoms with Crippen LogP contribution in [0.5, 0.6) is 0 Å². The van der Waals surface area contributed by atoms with E-state index >= 15 is 0 Å². The van der Waals surface area contributed by atoms with E-state index in [1.54, 1.807) is 17.0 Å². The Morgan fingerprint density at radius 2 is 1.89 bits per heavy atom. The molecule has 0 radical (unpaired) electrons. The molecule has 0 N–H and O–H groups in total. The van der Waals surface area contributed by atoms with Gasteiger partial charge in [-0.15, -0.1) is 0 Å². The van der Waals surface area contributed by atoms with Gasteiger partial charge in [-0.2, -0.15) is 0 Å². The van der Waals surface area contributed by atoms with E-state index in [4.69, 9.17) is 0 Å². The first-order valence-corrected chi connectivity index (χ1v) is 10.4. The van der Waals surface area contributed by atoms with Gasteiger partial charge in [-0.3, -0.25) is 9.59 Å². The van der Waals surface area contributed by atoms with Gasteiger partial charge in [0.2, 0.25) is 11.8 Å². The molecule has 1 aliphatic carbocycles. The SMILES string of the molecule is O=C(CC1CCCC1)N1CC[C@@]2(CCCN(Cc3ccccc3F)C2=O)C1. The lowest BCUT2D eigenvalue weighted by Gasteiger charge is -2.39. The van der Waals surface area contributed by atoms with Crippen LogP contribution in [-0.4, -0.2) is 41.2 Å². The lowest BCUT2D eigenvalue weighted by atomic mass is 9.78. The number of piperidine rings is 1. The molecular formula is C22H29FN2O2. The lowest BCUT2D eigenvalue weighted by molar-refractivity contribution is -0.147. The van der Waals surface area contributed by atoms with Crippen LogP contribution in [0, 0.1) is 17.2 Å². The summed E-state index contributed by atoms with van der Waals surface area (Å²) in [5.41, 5.74) is 0.115. The largest absolute Gasteiger partial charge is 0.342 e. The van der Waals surface area contributed by atoms with Crippen molar-refractivity contribution < 1.29 is 14.0 Å². The van der Waals surface area contributed by atoms with Crippen molar-refractivity contribution in [2.75, 3.05) is 19.6 Å². The van der Waals surface area contributed by atoms with E-state index in [1.807, 2.05) is 11.0 Å². The third-order valence-corrected chi connectivity index (χ3v) is 6.79. The zero-order chi connectivity index (χ0) is 18.9. The molecule has 27 heavy (non-hydrogen) atoms. The van der Waals surface area contributed by atoms with Gasteiger partial charge >= 0.3 is 0 Å². The Kier molecular flexibility index (Phi) is 5.20. The van der Waals surface area contributed by atoms with Gasteiger partial charge < -0.3 is 9.80 Å². The fourth-order valence-corrected chi connectivity index (χ4v) is 5.19. The van der Waals surface area contributed by atoms with Gasteiger partial charge in [0.05, 0.1) is 5.41 Å². The van der Waals surface area contributed by atoms with Gasteiger partial charge in [0.1, 0.15) is 5.82 Å². The van der Waals surface area contributed by atoms with Crippen molar-refractivity contribution in [1.29, 1.82) is 0 Å². The summed E-state index contributed by atoms with van der Waals surface area (Å²) in [7, 11) is 0. The third kappa shape index (κ3) is 3.74. The number of rotatable bonds is 4. The number of nitrogens with zero attached hydrogens (tertiary/aromatic N) is 2. The van der Waals surface area contributed by atoms with Crippen LogP contribution >= 0.6 is 0 Å². The molecular weight excluding hydrogens is 343 g/mol. The molecule has 3 fully saturated rings. The van der Waals surface area contributed by atoms with Crippen molar-refractivity contribution >= 4 is 11.8 Å². The van der Waals surface area contributed by atoms with Crippen molar-refractivity contribution in [3.05, 3.63) is 35.6 Å². The maximum absolute atomic E-state index is 14.0. The molecule has 146 valence electrons. The van der Waals surface area contributed by atoms with E-state index in [-0.39, 0.29) is 17.6 Å². The average Bonchev–Trinajstić information content (AvgIpc) is 3.32. The van der Waals surface area contributed by atoms with E-state index < -0.39 is 5.41 Å². The highest BCUT2D eigenvalue weighted by Gasteiger charge is 2.49. The maximum atomic E-state index is 14.0. The van der Waals surface area contributed by atoms with Crippen molar-refractivity contribution in [3.63, 3.8) is 0 Å². The minimum atomic E-state index is -0.450. The number of hydrogen-bond acceptors (Lipinski definition) is 2. The van der Waals surface area contributed by atoms with Gasteiger partial charge in [0.15, 0.2) is 0 Å². The Labute approximate surface area is 160 Å². The summed E-state index contributed by atoms with van der Waals surface area (Å²) in [4.78, 5) is 29.7. The van der Waals surface area contributed by atoms with E-state index in [0.29, 0.717) is 44.1 Å². The highest BCUT2D eigenvalue weighted by molar-refractivity contribution is 5.86. The van der Waals surface area contributed by atoms with E-state index in [1.165, 1.54) is 31.7 Å². The molecule has 1 atom stereocenters. The van der Waals surface area contributed by atoms with Crippen LogP contribution in [0.25, 0.3) is 0 Å². The molecule has 2 heterocycles. The first-order valence-electron chi connectivity index (χ1n) is 10.4. The van der Waals surface area contributed by atoms with Gasteiger partial charge in [0, 0.05) is 38.2 Å². The molecule has 1 saturated carbocycles. The summed E-state index contributed by atoms with van der Waals surface area (Å²) in [5.74, 6) is 0.601. The fourth-order valence-electron chi connectivity index (χ4n) is 5.19. The second-order valence-corrected chi connectivity index (χ2v) is 8.62. The number of halogens is 1. The number of carbonyl (C=O) groups excluding carboxylic acids is 2. The number of likely N-dealkylation sites (tertiary alicyclic amines) is 2. The van der Waals surface area contributed by atoms with Gasteiger partial charge in [0.25, 0.3) is 0 Å². The average molecular weight is 372 g/mol. The van der Waals surface area contributed by atoms with Crippen molar-refractivity contribution in [1.82, 2.24) is 9.80 Å². The molecule has 4 rings (SSSR count). The quantitative estimate of drug-likeness (QED) is 0.808. The second kappa shape index (κ2) is 7.61. The van der Waals surface area contributed by atoms with E-state index in [0.717, 1.165) is 19.3 Å². The molecule has 1 aromatic rings. The molecule has 3 aliphatic rings. The lowest BCUT2D eigenvalue weighted by Crippen LogP contribution is -2.50. The van der Waals surface area contributed by atoms with Crippen LogP contribution < -0.4 is 0 Å². The van der Waals surface area contributed by atoms with Crippen LogP contribution in [0.1, 0.15) is 56.9 Å². The predicted octanol–water partition coefficient (Wildman–Crippen LogP) is 3.75. The Bertz CT molecular complexity index is 716. The zero-order valence-corrected chi connectivity index (χ0v) is 16.0. The molecule has 1 spiro atoms. The van der Waals surface area contributed by atoms with Gasteiger partial charge in [-0.05, 0) is 44.1 Å². The fraction of sp³-hybridized carbons (Fsp3) is 0.636. The Morgan fingerprint density at radius 3 is 2.67 bits per heavy atom. The smallest absolute Gasteiger partial charge is 0.230 e. The normalized spacial score (nSPS) is 26.3. The monoisotopic (exact) mass is 372 g/mol. The summed E-state index contributed by atoms with van der Waals surface area (Å²) in [6.07, 6.45) is 7.97. The van der Waals surface area contributed by atoms with Crippen molar-refractivity contribution in [3.8, 4) is 0 Å². The topological polar surface area (TPSA) is 40.6 Å². The Morgan fingerprint density at radius 1 is 1.11 bits per heavy atom. The number of amides is 2. The first-order chi connectivity index (χ1) is 13.1. The molecule has 2 saturated heterocycles. The Hall–Kier alpha value is -1.91. The minimum absolute atomic E-state index is 0.105. The molecule has 0 aromatic heterocycles. The van der Waals surface area contributed by atoms with E-state index in [2.05, 4.69) is 0 Å². The molecule has 2 aliphatic heterocycles. The van der Waals surface area contributed by atoms with Crippen LogP contribution in [0.2, 0.25) is 0 Å². The summed E-state index contributed by atoms with van der Waals surface area (Å²) in [6.45, 7) is 2.23. The van der Waals surface area contributed by atoms with Gasteiger partial charge in [-0.1, -0.05) is 31.0 Å². The standard InChI is InChI=1S/C22H29FN2O2/c23-19-9-4-3-8-18(19)15-24-12-5-10-22(21(24)27)11-13-25(16-22)20(26)14-17-6-1-2-7-17/h3-4,8-9,17H,1-2,5-7,10-16H2/t22-/m0/s1.